The van der Waals surface area contributed by atoms with Gasteiger partial charge in [0, 0.05) is 19.6 Å². The lowest BCUT2D eigenvalue weighted by atomic mass is 9.85. The smallest absolute Gasteiger partial charge is 0.272 e. The highest BCUT2D eigenvalue weighted by molar-refractivity contribution is 5.98. The summed E-state index contributed by atoms with van der Waals surface area (Å²) in [5.74, 6) is -1.45. The van der Waals surface area contributed by atoms with Crippen LogP contribution in [0.2, 0.25) is 0 Å². The van der Waals surface area contributed by atoms with Crippen LogP contribution < -0.4 is 5.32 Å². The molecule has 8 heteroatoms. The molecule has 0 saturated carbocycles. The van der Waals surface area contributed by atoms with Gasteiger partial charge in [-0.15, -0.1) is 0 Å². The molecular weight excluding hydrogens is 414 g/mol. The van der Waals surface area contributed by atoms with Crippen LogP contribution in [-0.4, -0.2) is 45.4 Å². The van der Waals surface area contributed by atoms with Crippen LogP contribution in [0.15, 0.2) is 18.2 Å². The molecule has 3 heterocycles. The van der Waals surface area contributed by atoms with Gasteiger partial charge in [0.2, 0.25) is 5.91 Å². The molecule has 1 aromatic heterocycles. The normalized spacial score (nSPS) is 17.2. The minimum Gasteiger partial charge on any atom is -0.341 e. The van der Waals surface area contributed by atoms with Crippen LogP contribution >= 0.6 is 0 Å². The van der Waals surface area contributed by atoms with E-state index in [4.69, 9.17) is 0 Å². The SMILES string of the molecule is CC(C)(C)C(NC(=O)c1nc(-c2cc(F)ccc2F)n2c1CCCCC2)C(=O)N1CCC1. The number of fused-ring (bicyclic) bond motifs is 1. The molecule has 32 heavy (non-hydrogen) atoms. The van der Waals surface area contributed by atoms with E-state index in [-0.39, 0.29) is 23.0 Å². The molecule has 6 nitrogen and oxygen atoms in total. The Hall–Kier alpha value is -2.77. The van der Waals surface area contributed by atoms with E-state index in [0.29, 0.717) is 31.7 Å². The number of likely N-dealkylation sites (tertiary alicyclic amines) is 1. The summed E-state index contributed by atoms with van der Waals surface area (Å²) in [4.78, 5) is 32.6. The third-order valence-corrected chi connectivity index (χ3v) is 6.31. The number of hydrogen-bond acceptors (Lipinski definition) is 3. The number of hydrogen-bond donors (Lipinski definition) is 1. The van der Waals surface area contributed by atoms with Crippen molar-refractivity contribution >= 4 is 11.8 Å². The molecule has 1 aromatic carbocycles. The summed E-state index contributed by atoms with van der Waals surface area (Å²) in [6.45, 7) is 7.72. The summed E-state index contributed by atoms with van der Waals surface area (Å²) in [7, 11) is 0. The quantitative estimate of drug-likeness (QED) is 0.777. The number of aromatic nitrogens is 2. The van der Waals surface area contributed by atoms with Crippen LogP contribution in [0, 0.1) is 17.0 Å². The zero-order valence-electron chi connectivity index (χ0n) is 18.9. The molecule has 1 saturated heterocycles. The van der Waals surface area contributed by atoms with Gasteiger partial charge in [-0.3, -0.25) is 9.59 Å². The van der Waals surface area contributed by atoms with Crippen molar-refractivity contribution in [2.24, 2.45) is 5.41 Å². The van der Waals surface area contributed by atoms with Gasteiger partial charge >= 0.3 is 0 Å². The average molecular weight is 445 g/mol. The summed E-state index contributed by atoms with van der Waals surface area (Å²) in [5.41, 5.74) is 0.450. The maximum Gasteiger partial charge on any atom is 0.272 e. The van der Waals surface area contributed by atoms with E-state index in [0.717, 1.165) is 43.9 Å². The Morgan fingerprint density at radius 3 is 2.47 bits per heavy atom. The van der Waals surface area contributed by atoms with Gasteiger partial charge in [-0.25, -0.2) is 13.8 Å². The highest BCUT2D eigenvalue weighted by Crippen LogP contribution is 2.30. The van der Waals surface area contributed by atoms with Crippen molar-refractivity contribution in [1.82, 2.24) is 19.8 Å². The maximum absolute atomic E-state index is 14.6. The number of halogens is 2. The first-order chi connectivity index (χ1) is 15.2. The molecule has 0 radical (unpaired) electrons. The number of benzene rings is 1. The largest absolute Gasteiger partial charge is 0.341 e. The van der Waals surface area contributed by atoms with Crippen molar-refractivity contribution in [2.45, 2.75) is 65.5 Å². The molecule has 1 fully saturated rings. The number of amides is 2. The second-order valence-corrected chi connectivity index (χ2v) is 9.77. The zero-order valence-corrected chi connectivity index (χ0v) is 18.9. The second kappa shape index (κ2) is 8.64. The van der Waals surface area contributed by atoms with E-state index in [1.165, 1.54) is 0 Å². The van der Waals surface area contributed by atoms with Gasteiger partial charge in [-0.2, -0.15) is 0 Å². The van der Waals surface area contributed by atoms with Crippen molar-refractivity contribution in [1.29, 1.82) is 0 Å². The first kappa shape index (κ1) is 22.4. The summed E-state index contributed by atoms with van der Waals surface area (Å²) in [5, 5.41) is 2.91. The molecule has 1 unspecified atom stereocenters. The Labute approximate surface area is 187 Å². The van der Waals surface area contributed by atoms with Crippen LogP contribution in [-0.2, 0) is 17.8 Å². The van der Waals surface area contributed by atoms with Crippen LogP contribution in [0.1, 0.15) is 62.6 Å². The fraction of sp³-hybridized carbons (Fsp3) is 0.542. The fourth-order valence-corrected chi connectivity index (χ4v) is 4.34. The molecule has 1 N–H and O–H groups in total. The molecule has 2 aliphatic heterocycles. The number of carbonyl (C=O) groups is 2. The number of nitrogens with one attached hydrogen (secondary N) is 1. The van der Waals surface area contributed by atoms with Crippen molar-refractivity contribution < 1.29 is 18.4 Å². The topological polar surface area (TPSA) is 67.2 Å². The van der Waals surface area contributed by atoms with E-state index < -0.39 is 29.0 Å². The van der Waals surface area contributed by atoms with Gasteiger partial charge in [-0.1, -0.05) is 27.2 Å². The zero-order chi connectivity index (χ0) is 23.0. The number of rotatable bonds is 4. The first-order valence-corrected chi connectivity index (χ1v) is 11.3. The van der Waals surface area contributed by atoms with Crippen LogP contribution in [0.3, 0.4) is 0 Å². The predicted octanol–water partition coefficient (Wildman–Crippen LogP) is 3.93. The molecule has 2 aliphatic rings. The van der Waals surface area contributed by atoms with Crippen LogP contribution in [0.4, 0.5) is 8.78 Å². The van der Waals surface area contributed by atoms with E-state index in [1.807, 2.05) is 25.3 Å². The highest BCUT2D eigenvalue weighted by Gasteiger charge is 2.38. The molecule has 0 aliphatic carbocycles. The lowest BCUT2D eigenvalue weighted by Crippen LogP contribution is -2.57. The number of nitrogens with zero attached hydrogens (tertiary/aromatic N) is 3. The van der Waals surface area contributed by atoms with Crippen molar-refractivity contribution in [3.63, 3.8) is 0 Å². The predicted molar refractivity (Wildman–Crippen MR) is 117 cm³/mol. The lowest BCUT2D eigenvalue weighted by Gasteiger charge is -2.38. The highest BCUT2D eigenvalue weighted by atomic mass is 19.1. The molecule has 0 spiro atoms. The van der Waals surface area contributed by atoms with E-state index in [1.54, 1.807) is 4.90 Å². The molecule has 2 aromatic rings. The van der Waals surface area contributed by atoms with Gasteiger partial charge in [0.25, 0.3) is 5.91 Å². The number of carbonyl (C=O) groups excluding carboxylic acids is 2. The first-order valence-electron chi connectivity index (χ1n) is 11.3. The monoisotopic (exact) mass is 444 g/mol. The Balaban J connectivity index is 1.72. The van der Waals surface area contributed by atoms with Gasteiger partial charge in [-0.05, 0) is 49.3 Å². The minimum absolute atomic E-state index is 0.0382. The Morgan fingerprint density at radius 2 is 1.81 bits per heavy atom. The van der Waals surface area contributed by atoms with Crippen LogP contribution in [0.25, 0.3) is 11.4 Å². The van der Waals surface area contributed by atoms with Gasteiger partial charge < -0.3 is 14.8 Å². The summed E-state index contributed by atoms with van der Waals surface area (Å²) < 4.78 is 30.3. The molecule has 4 rings (SSSR count). The molecular formula is C24H30F2N4O2. The van der Waals surface area contributed by atoms with E-state index in [2.05, 4.69) is 10.3 Å². The number of imidazole rings is 1. The third-order valence-electron chi connectivity index (χ3n) is 6.31. The maximum atomic E-state index is 14.6. The van der Waals surface area contributed by atoms with Crippen LogP contribution in [0.5, 0.6) is 0 Å². The van der Waals surface area contributed by atoms with E-state index in [9.17, 15) is 18.4 Å². The second-order valence-electron chi connectivity index (χ2n) is 9.77. The Bertz CT molecular complexity index is 1040. The molecule has 1 atom stereocenters. The molecule has 2 amide bonds. The third kappa shape index (κ3) is 4.27. The van der Waals surface area contributed by atoms with Gasteiger partial charge in [0.05, 0.1) is 11.3 Å². The molecule has 0 bridgehead atoms. The lowest BCUT2D eigenvalue weighted by molar-refractivity contribution is -0.139. The Morgan fingerprint density at radius 1 is 1.06 bits per heavy atom. The summed E-state index contributed by atoms with van der Waals surface area (Å²) >= 11 is 0. The standard InChI is InChI=1S/C24H30F2N4O2/c1-24(2,3)20(23(32)29-11-7-12-29)28-22(31)19-18-8-5-4-6-13-30(18)21(27-19)16-14-15(25)9-10-17(16)26/h9-10,14,20H,4-8,11-13H2,1-3H3,(H,28,31). The summed E-state index contributed by atoms with van der Waals surface area (Å²) in [6, 6.07) is 2.55. The van der Waals surface area contributed by atoms with Crippen molar-refractivity contribution in [3.8, 4) is 11.4 Å². The Kier molecular flexibility index (Phi) is 6.05. The van der Waals surface area contributed by atoms with E-state index >= 15 is 0 Å². The van der Waals surface area contributed by atoms with Crippen molar-refractivity contribution in [2.75, 3.05) is 13.1 Å². The van der Waals surface area contributed by atoms with Gasteiger partial charge in [0.1, 0.15) is 29.2 Å². The van der Waals surface area contributed by atoms with Crippen molar-refractivity contribution in [3.05, 3.63) is 41.2 Å². The summed E-state index contributed by atoms with van der Waals surface area (Å²) in [6.07, 6.45) is 4.31. The molecule has 172 valence electrons. The minimum atomic E-state index is -0.701. The average Bonchev–Trinajstić information content (AvgIpc) is 2.86. The van der Waals surface area contributed by atoms with Gasteiger partial charge in [0.15, 0.2) is 0 Å². The fourth-order valence-electron chi connectivity index (χ4n) is 4.34.